The highest BCUT2D eigenvalue weighted by Crippen LogP contribution is 2.43. The zero-order chi connectivity index (χ0) is 16.1. The summed E-state index contributed by atoms with van der Waals surface area (Å²) in [5, 5.41) is 14.6. The predicted octanol–water partition coefficient (Wildman–Crippen LogP) is 5.31. The summed E-state index contributed by atoms with van der Waals surface area (Å²) in [6, 6.07) is 13.3. The SMILES string of the molecule is Cc1ccc2c(c1)NC(c1cc(Cl)cc(Cl)c1O)c1cccn1-2. The fourth-order valence-electron chi connectivity index (χ4n) is 3.10. The third-order valence-electron chi connectivity index (χ3n) is 4.16. The van der Waals surface area contributed by atoms with Crippen LogP contribution < -0.4 is 5.32 Å². The summed E-state index contributed by atoms with van der Waals surface area (Å²) in [6.07, 6.45) is 2.01. The van der Waals surface area contributed by atoms with Crippen LogP contribution in [0.5, 0.6) is 5.75 Å². The predicted molar refractivity (Wildman–Crippen MR) is 94.1 cm³/mol. The number of aryl methyl sites for hydroxylation is 1. The Labute approximate surface area is 144 Å². The van der Waals surface area contributed by atoms with Gasteiger partial charge in [-0.2, -0.15) is 0 Å². The van der Waals surface area contributed by atoms with Crippen LogP contribution in [-0.2, 0) is 0 Å². The van der Waals surface area contributed by atoms with Gasteiger partial charge in [0.1, 0.15) is 5.75 Å². The van der Waals surface area contributed by atoms with Crippen LogP contribution in [0.2, 0.25) is 10.0 Å². The molecule has 0 saturated heterocycles. The van der Waals surface area contributed by atoms with Gasteiger partial charge >= 0.3 is 0 Å². The Morgan fingerprint density at radius 1 is 1.13 bits per heavy atom. The first-order valence-corrected chi connectivity index (χ1v) is 8.03. The number of hydrogen-bond acceptors (Lipinski definition) is 2. The summed E-state index contributed by atoms with van der Waals surface area (Å²) in [5.74, 6) is 0.0532. The fraction of sp³-hybridized carbons (Fsp3) is 0.111. The van der Waals surface area contributed by atoms with E-state index in [9.17, 15) is 5.11 Å². The van der Waals surface area contributed by atoms with Crippen molar-refractivity contribution >= 4 is 28.9 Å². The molecule has 0 radical (unpaired) electrons. The average Bonchev–Trinajstić information content (AvgIpc) is 2.99. The first-order chi connectivity index (χ1) is 11.0. The molecule has 0 fully saturated rings. The van der Waals surface area contributed by atoms with E-state index in [1.165, 1.54) is 5.56 Å². The Hall–Kier alpha value is -2.10. The zero-order valence-corrected chi connectivity index (χ0v) is 13.9. The Balaban J connectivity index is 1.93. The number of hydrogen-bond donors (Lipinski definition) is 2. The van der Waals surface area contributed by atoms with E-state index in [1.807, 2.05) is 18.3 Å². The van der Waals surface area contributed by atoms with E-state index in [-0.39, 0.29) is 16.8 Å². The fourth-order valence-corrected chi connectivity index (χ4v) is 3.61. The van der Waals surface area contributed by atoms with Gasteiger partial charge in [0.05, 0.1) is 22.4 Å². The number of halogens is 2. The number of aromatic nitrogens is 1. The molecule has 0 bridgehead atoms. The van der Waals surface area contributed by atoms with Gasteiger partial charge in [0.2, 0.25) is 0 Å². The Morgan fingerprint density at radius 2 is 1.96 bits per heavy atom. The van der Waals surface area contributed by atoms with Gasteiger partial charge in [-0.1, -0.05) is 29.3 Å². The summed E-state index contributed by atoms with van der Waals surface area (Å²) in [6.45, 7) is 2.05. The van der Waals surface area contributed by atoms with Crippen LogP contribution in [0.15, 0.2) is 48.7 Å². The number of rotatable bonds is 1. The number of phenols is 1. The van der Waals surface area contributed by atoms with Gasteiger partial charge in [-0.15, -0.1) is 0 Å². The number of aromatic hydroxyl groups is 1. The molecule has 23 heavy (non-hydrogen) atoms. The summed E-state index contributed by atoms with van der Waals surface area (Å²) in [5.41, 5.74) is 4.94. The van der Waals surface area contributed by atoms with E-state index in [2.05, 4.69) is 35.0 Å². The molecule has 1 atom stereocenters. The minimum Gasteiger partial charge on any atom is -0.506 e. The Morgan fingerprint density at radius 3 is 2.78 bits per heavy atom. The second-order valence-electron chi connectivity index (χ2n) is 5.73. The van der Waals surface area contributed by atoms with Crippen molar-refractivity contribution in [2.24, 2.45) is 0 Å². The van der Waals surface area contributed by atoms with Crippen molar-refractivity contribution in [3.8, 4) is 11.4 Å². The molecule has 0 spiro atoms. The van der Waals surface area contributed by atoms with Crippen LogP contribution in [0.4, 0.5) is 5.69 Å². The summed E-state index contributed by atoms with van der Waals surface area (Å²) < 4.78 is 2.12. The first-order valence-electron chi connectivity index (χ1n) is 7.27. The van der Waals surface area contributed by atoms with Crippen molar-refractivity contribution < 1.29 is 5.11 Å². The van der Waals surface area contributed by atoms with Crippen molar-refractivity contribution in [2.45, 2.75) is 13.0 Å². The van der Waals surface area contributed by atoms with E-state index in [0.29, 0.717) is 10.6 Å². The number of nitrogens with zero attached hydrogens (tertiary/aromatic N) is 1. The minimum absolute atomic E-state index is 0.0532. The largest absolute Gasteiger partial charge is 0.506 e. The highest BCUT2D eigenvalue weighted by Gasteiger charge is 2.28. The van der Waals surface area contributed by atoms with Gasteiger partial charge in [-0.05, 0) is 48.9 Å². The van der Waals surface area contributed by atoms with Gasteiger partial charge in [0.15, 0.2) is 0 Å². The highest BCUT2D eigenvalue weighted by molar-refractivity contribution is 6.35. The quantitative estimate of drug-likeness (QED) is 0.627. The molecule has 2 heterocycles. The van der Waals surface area contributed by atoms with Crippen molar-refractivity contribution in [1.29, 1.82) is 0 Å². The van der Waals surface area contributed by atoms with Crippen LogP contribution in [-0.4, -0.2) is 9.67 Å². The van der Waals surface area contributed by atoms with Crippen molar-refractivity contribution in [3.05, 3.63) is 75.5 Å². The van der Waals surface area contributed by atoms with E-state index >= 15 is 0 Å². The molecule has 1 aliphatic heterocycles. The lowest BCUT2D eigenvalue weighted by Crippen LogP contribution is -2.22. The summed E-state index contributed by atoms with van der Waals surface area (Å²) in [4.78, 5) is 0. The lowest BCUT2D eigenvalue weighted by atomic mass is 9.99. The van der Waals surface area contributed by atoms with E-state index in [4.69, 9.17) is 23.2 Å². The molecule has 116 valence electrons. The summed E-state index contributed by atoms with van der Waals surface area (Å²) >= 11 is 12.2. The molecule has 1 aliphatic rings. The van der Waals surface area contributed by atoms with Crippen LogP contribution >= 0.6 is 23.2 Å². The monoisotopic (exact) mass is 344 g/mol. The van der Waals surface area contributed by atoms with Gasteiger partial charge < -0.3 is 15.0 Å². The van der Waals surface area contributed by atoms with Gasteiger partial charge in [-0.3, -0.25) is 0 Å². The molecule has 3 nitrogen and oxygen atoms in total. The third-order valence-corrected chi connectivity index (χ3v) is 4.66. The normalized spacial score (nSPS) is 15.7. The standard InChI is InChI=1S/C18H14Cl2N2O/c1-10-4-5-15-14(7-10)21-17(16-3-2-6-22(15)16)12-8-11(19)9-13(20)18(12)23/h2-9,17,21,23H,1H3. The molecular weight excluding hydrogens is 331 g/mol. The molecule has 3 aromatic rings. The molecule has 0 amide bonds. The second kappa shape index (κ2) is 5.22. The molecule has 4 rings (SSSR count). The number of nitrogens with one attached hydrogen (secondary N) is 1. The van der Waals surface area contributed by atoms with E-state index < -0.39 is 0 Å². The first kappa shape index (κ1) is 14.5. The molecule has 0 saturated carbocycles. The highest BCUT2D eigenvalue weighted by atomic mass is 35.5. The molecule has 5 heteroatoms. The maximum absolute atomic E-state index is 10.4. The lowest BCUT2D eigenvalue weighted by Gasteiger charge is -2.30. The van der Waals surface area contributed by atoms with E-state index in [1.54, 1.807) is 12.1 Å². The van der Waals surface area contributed by atoms with Crippen molar-refractivity contribution in [3.63, 3.8) is 0 Å². The Bertz CT molecular complexity index is 917. The van der Waals surface area contributed by atoms with Crippen molar-refractivity contribution in [1.82, 2.24) is 4.57 Å². The van der Waals surface area contributed by atoms with Crippen LogP contribution in [0, 0.1) is 6.92 Å². The number of fused-ring (bicyclic) bond motifs is 3. The molecule has 0 aliphatic carbocycles. The maximum Gasteiger partial charge on any atom is 0.139 e. The maximum atomic E-state index is 10.4. The van der Waals surface area contributed by atoms with E-state index in [0.717, 1.165) is 17.1 Å². The third kappa shape index (κ3) is 2.28. The zero-order valence-electron chi connectivity index (χ0n) is 12.3. The summed E-state index contributed by atoms with van der Waals surface area (Å²) in [7, 11) is 0. The number of anilines is 1. The van der Waals surface area contributed by atoms with Gasteiger partial charge in [0, 0.05) is 22.5 Å². The van der Waals surface area contributed by atoms with Crippen LogP contribution in [0.1, 0.15) is 22.9 Å². The number of benzene rings is 2. The second-order valence-corrected chi connectivity index (χ2v) is 6.57. The average molecular weight is 345 g/mol. The van der Waals surface area contributed by atoms with Crippen LogP contribution in [0.25, 0.3) is 5.69 Å². The topological polar surface area (TPSA) is 37.2 Å². The number of phenolic OH excluding ortho intramolecular Hbond substituents is 1. The van der Waals surface area contributed by atoms with Crippen LogP contribution in [0.3, 0.4) is 0 Å². The Kier molecular flexibility index (Phi) is 3.29. The van der Waals surface area contributed by atoms with Gasteiger partial charge in [-0.25, -0.2) is 0 Å². The smallest absolute Gasteiger partial charge is 0.139 e. The van der Waals surface area contributed by atoms with Crippen molar-refractivity contribution in [2.75, 3.05) is 5.32 Å². The minimum atomic E-state index is -0.226. The lowest BCUT2D eigenvalue weighted by molar-refractivity contribution is 0.466. The van der Waals surface area contributed by atoms with Gasteiger partial charge in [0.25, 0.3) is 0 Å². The molecule has 2 N–H and O–H groups in total. The molecular formula is C18H14Cl2N2O. The molecule has 1 aromatic heterocycles. The molecule has 2 aromatic carbocycles. The molecule has 1 unspecified atom stereocenters.